The van der Waals surface area contributed by atoms with Gasteiger partial charge in [-0.1, -0.05) is 30.1 Å². The summed E-state index contributed by atoms with van der Waals surface area (Å²) in [4.78, 5) is 32.6. The molecule has 218 valence electrons. The van der Waals surface area contributed by atoms with Crippen LogP contribution in [0.2, 0.25) is 10.0 Å². The summed E-state index contributed by atoms with van der Waals surface area (Å²) in [6.07, 6.45) is 5.79. The fraction of sp³-hybridized carbons (Fsp3) is 0.467. The first-order chi connectivity index (χ1) is 19.9. The van der Waals surface area contributed by atoms with E-state index < -0.39 is 0 Å². The van der Waals surface area contributed by atoms with Gasteiger partial charge in [-0.25, -0.2) is 15.0 Å². The first-order valence-electron chi connectivity index (χ1n) is 14.1. The van der Waals surface area contributed by atoms with Crippen LogP contribution in [0.4, 0.5) is 5.95 Å². The molecular weight excluding hydrogens is 563 g/mol. The number of anilines is 1. The maximum Gasteiger partial charge on any atom is 0.305 e. The Kier molecular flexibility index (Phi) is 9.92. The molecule has 0 spiro atoms. The number of halogens is 2. The smallest absolute Gasteiger partial charge is 0.305 e. The van der Waals surface area contributed by atoms with Gasteiger partial charge in [-0.05, 0) is 68.2 Å². The average Bonchev–Trinajstić information content (AvgIpc) is 2.98. The lowest BCUT2D eigenvalue weighted by Gasteiger charge is -2.33. The van der Waals surface area contributed by atoms with Gasteiger partial charge in [0.15, 0.2) is 5.75 Å². The molecule has 2 aliphatic heterocycles. The third-order valence-electron chi connectivity index (χ3n) is 7.76. The number of rotatable bonds is 9. The molecule has 0 amide bonds. The number of methoxy groups -OCH3 is 1. The molecule has 0 unspecified atom stereocenters. The number of piperazine rings is 1. The van der Waals surface area contributed by atoms with Crippen LogP contribution in [0.1, 0.15) is 31.7 Å². The highest BCUT2D eigenvalue weighted by atomic mass is 35.5. The molecule has 11 heteroatoms. The lowest BCUT2D eigenvalue weighted by molar-refractivity contribution is -0.142. The fourth-order valence-electron chi connectivity index (χ4n) is 5.39. The molecule has 2 fully saturated rings. The molecule has 0 radical (unpaired) electrons. The molecule has 1 aromatic carbocycles. The summed E-state index contributed by atoms with van der Waals surface area (Å²) in [5.41, 5.74) is 2.58. The summed E-state index contributed by atoms with van der Waals surface area (Å²) >= 11 is 12.6. The lowest BCUT2D eigenvalue weighted by atomic mass is 9.93. The number of aromatic nitrogens is 3. The van der Waals surface area contributed by atoms with Gasteiger partial charge in [-0.15, -0.1) is 0 Å². The number of hydrogen-bond donors (Lipinski definition) is 0. The van der Waals surface area contributed by atoms with Gasteiger partial charge in [0.25, 0.3) is 0 Å². The number of pyridine rings is 1. The van der Waals surface area contributed by atoms with Crippen molar-refractivity contribution < 1.29 is 14.3 Å². The SMILES string of the molecule is CCN1CCN(c2ncc(Oc3cc(CN4CCC(CC(=O)OC)CC4)cc(-c4cc(Cl)cc(Cl)c4)n3)cn2)CC1. The average molecular weight is 600 g/mol. The second-order valence-corrected chi connectivity index (χ2v) is 11.5. The van der Waals surface area contributed by atoms with E-state index in [0.29, 0.717) is 45.7 Å². The molecule has 2 saturated heterocycles. The van der Waals surface area contributed by atoms with E-state index in [4.69, 9.17) is 37.7 Å². The molecular formula is C30H36Cl2N6O3. The Morgan fingerprint density at radius 3 is 2.24 bits per heavy atom. The van der Waals surface area contributed by atoms with Crippen LogP contribution in [-0.2, 0) is 16.1 Å². The molecule has 0 bridgehead atoms. The van der Waals surface area contributed by atoms with Gasteiger partial charge in [-0.3, -0.25) is 9.69 Å². The van der Waals surface area contributed by atoms with E-state index in [2.05, 4.69) is 31.6 Å². The minimum Gasteiger partial charge on any atom is -0.469 e. The van der Waals surface area contributed by atoms with Crippen molar-refractivity contribution in [2.45, 2.75) is 32.7 Å². The molecule has 4 heterocycles. The molecule has 0 saturated carbocycles. The van der Waals surface area contributed by atoms with Crippen LogP contribution in [0.3, 0.4) is 0 Å². The van der Waals surface area contributed by atoms with Crippen LogP contribution < -0.4 is 9.64 Å². The highest BCUT2D eigenvalue weighted by Crippen LogP contribution is 2.31. The fourth-order valence-corrected chi connectivity index (χ4v) is 5.91. The number of carbonyl (C=O) groups excluding carboxylic acids is 1. The number of ether oxygens (including phenoxy) is 2. The molecule has 0 N–H and O–H groups in total. The van der Waals surface area contributed by atoms with Gasteiger partial charge >= 0.3 is 5.97 Å². The van der Waals surface area contributed by atoms with Crippen LogP contribution >= 0.6 is 23.2 Å². The number of likely N-dealkylation sites (tertiary alicyclic amines) is 1. The molecule has 41 heavy (non-hydrogen) atoms. The topological polar surface area (TPSA) is 83.9 Å². The second-order valence-electron chi connectivity index (χ2n) is 10.6. The zero-order chi connectivity index (χ0) is 28.8. The number of nitrogens with zero attached hydrogens (tertiary/aromatic N) is 6. The molecule has 9 nitrogen and oxygen atoms in total. The van der Waals surface area contributed by atoms with E-state index in [-0.39, 0.29) is 5.97 Å². The normalized spacial score (nSPS) is 17.0. The highest BCUT2D eigenvalue weighted by Gasteiger charge is 2.23. The van der Waals surface area contributed by atoms with Crippen molar-refractivity contribution in [1.29, 1.82) is 0 Å². The Bertz CT molecular complexity index is 1310. The number of likely N-dealkylation sites (N-methyl/N-ethyl adjacent to an activating group) is 1. The van der Waals surface area contributed by atoms with Crippen LogP contribution in [0, 0.1) is 5.92 Å². The summed E-state index contributed by atoms with van der Waals surface area (Å²) < 4.78 is 11.0. The van der Waals surface area contributed by atoms with Gasteiger partial charge in [0.05, 0.1) is 25.2 Å². The summed E-state index contributed by atoms with van der Waals surface area (Å²) in [5.74, 6) is 1.89. The molecule has 2 aromatic heterocycles. The quantitative estimate of drug-likeness (QED) is 0.294. The maximum atomic E-state index is 11.7. The van der Waals surface area contributed by atoms with E-state index >= 15 is 0 Å². The van der Waals surface area contributed by atoms with E-state index in [1.807, 2.05) is 24.3 Å². The Labute approximate surface area is 251 Å². The molecule has 0 aliphatic carbocycles. The monoisotopic (exact) mass is 598 g/mol. The van der Waals surface area contributed by atoms with E-state index in [0.717, 1.165) is 76.3 Å². The van der Waals surface area contributed by atoms with Gasteiger partial charge in [0.1, 0.15) is 0 Å². The summed E-state index contributed by atoms with van der Waals surface area (Å²) in [6, 6.07) is 9.39. The van der Waals surface area contributed by atoms with E-state index in [1.54, 1.807) is 18.5 Å². The van der Waals surface area contributed by atoms with E-state index in [9.17, 15) is 4.79 Å². The van der Waals surface area contributed by atoms with Gasteiger partial charge in [0.2, 0.25) is 11.8 Å². The zero-order valence-electron chi connectivity index (χ0n) is 23.6. The van der Waals surface area contributed by atoms with Crippen molar-refractivity contribution in [3.05, 3.63) is 58.3 Å². The van der Waals surface area contributed by atoms with Crippen LogP contribution in [0.15, 0.2) is 42.7 Å². The number of benzene rings is 1. The largest absolute Gasteiger partial charge is 0.469 e. The van der Waals surface area contributed by atoms with Gasteiger partial charge in [0, 0.05) is 60.8 Å². The zero-order valence-corrected chi connectivity index (χ0v) is 25.1. The van der Waals surface area contributed by atoms with Crippen molar-refractivity contribution >= 4 is 35.1 Å². The third-order valence-corrected chi connectivity index (χ3v) is 8.19. The molecule has 0 atom stereocenters. The predicted molar refractivity (Wildman–Crippen MR) is 161 cm³/mol. The van der Waals surface area contributed by atoms with Gasteiger partial charge < -0.3 is 19.3 Å². The summed E-state index contributed by atoms with van der Waals surface area (Å²) in [6.45, 7) is 9.60. The molecule has 2 aliphatic rings. The van der Waals surface area contributed by atoms with Crippen molar-refractivity contribution in [2.24, 2.45) is 5.92 Å². The Morgan fingerprint density at radius 2 is 1.61 bits per heavy atom. The minimum absolute atomic E-state index is 0.139. The Balaban J connectivity index is 1.32. The number of carbonyl (C=O) groups is 1. The van der Waals surface area contributed by atoms with Crippen LogP contribution in [-0.4, -0.2) is 83.6 Å². The first kappa shape index (κ1) is 29.5. The van der Waals surface area contributed by atoms with Crippen molar-refractivity contribution in [1.82, 2.24) is 24.8 Å². The van der Waals surface area contributed by atoms with Crippen LogP contribution in [0.25, 0.3) is 11.3 Å². The molecule has 3 aromatic rings. The summed E-state index contributed by atoms with van der Waals surface area (Å²) in [7, 11) is 1.44. The number of piperidine rings is 1. The first-order valence-corrected chi connectivity index (χ1v) is 14.9. The third kappa shape index (κ3) is 8.07. The van der Waals surface area contributed by atoms with Gasteiger partial charge in [-0.2, -0.15) is 0 Å². The molecule has 5 rings (SSSR count). The second kappa shape index (κ2) is 13.8. The van der Waals surface area contributed by atoms with Crippen molar-refractivity contribution in [2.75, 3.05) is 57.8 Å². The van der Waals surface area contributed by atoms with E-state index in [1.165, 1.54) is 7.11 Å². The maximum absolute atomic E-state index is 11.7. The predicted octanol–water partition coefficient (Wildman–Crippen LogP) is 5.55. The lowest BCUT2D eigenvalue weighted by Crippen LogP contribution is -2.46. The number of esters is 1. The Morgan fingerprint density at radius 1 is 0.927 bits per heavy atom. The number of hydrogen-bond acceptors (Lipinski definition) is 9. The Hall–Kier alpha value is -2.98. The summed E-state index contributed by atoms with van der Waals surface area (Å²) in [5, 5.41) is 1.08. The van der Waals surface area contributed by atoms with Crippen LogP contribution in [0.5, 0.6) is 11.6 Å². The highest BCUT2D eigenvalue weighted by molar-refractivity contribution is 6.35. The van der Waals surface area contributed by atoms with Crippen molar-refractivity contribution in [3.63, 3.8) is 0 Å². The standard InChI is InChI=1S/C30H36Cl2N6O3/c1-3-36-8-10-38(11-9-36)30-33-18-26(19-34-30)41-28-13-22(12-27(35-28)23-15-24(31)17-25(32)16-23)20-37-6-4-21(5-7-37)14-29(39)40-2/h12-13,15-19,21H,3-11,14,20H2,1-2H3. The van der Waals surface area contributed by atoms with Crippen molar-refractivity contribution in [3.8, 4) is 22.9 Å². The minimum atomic E-state index is -0.139.